The number of hydrogen-bond donors (Lipinski definition) is 2. The van der Waals surface area contributed by atoms with E-state index >= 15 is 0 Å². The van der Waals surface area contributed by atoms with Gasteiger partial charge in [0.2, 0.25) is 5.91 Å². The number of para-hydroxylation sites is 1. The first-order chi connectivity index (χ1) is 14.7. The summed E-state index contributed by atoms with van der Waals surface area (Å²) in [4.78, 5) is 26.0. The summed E-state index contributed by atoms with van der Waals surface area (Å²) in [7, 11) is 0. The average molecular weight is 423 g/mol. The lowest BCUT2D eigenvalue weighted by Gasteiger charge is -2.30. The minimum Gasteiger partial charge on any atom is -0.352 e. The molecule has 7 heteroatoms. The van der Waals surface area contributed by atoms with E-state index in [4.69, 9.17) is 0 Å². The van der Waals surface area contributed by atoms with Gasteiger partial charge in [-0.1, -0.05) is 51.1 Å². The largest absolute Gasteiger partial charge is 0.352 e. The molecule has 1 unspecified atom stereocenters. The van der Waals surface area contributed by atoms with E-state index in [2.05, 4.69) is 15.7 Å². The van der Waals surface area contributed by atoms with E-state index < -0.39 is 11.5 Å². The highest BCUT2D eigenvalue weighted by Gasteiger charge is 2.36. The van der Waals surface area contributed by atoms with Crippen molar-refractivity contribution in [2.45, 2.75) is 52.2 Å². The highest BCUT2D eigenvalue weighted by molar-refractivity contribution is 6.06. The van der Waals surface area contributed by atoms with Crippen LogP contribution in [0.1, 0.15) is 49.7 Å². The van der Waals surface area contributed by atoms with Crippen molar-refractivity contribution in [3.63, 3.8) is 0 Å². The Bertz CT molecular complexity index is 1110. The smallest absolute Gasteiger partial charge is 0.273 e. The summed E-state index contributed by atoms with van der Waals surface area (Å²) in [6.45, 7) is 6.18. The molecule has 0 bridgehead atoms. The topological polar surface area (TPSA) is 76.0 Å². The van der Waals surface area contributed by atoms with E-state index in [1.807, 2.05) is 45.0 Å². The van der Waals surface area contributed by atoms with Crippen LogP contribution in [0.25, 0.3) is 10.9 Å². The van der Waals surface area contributed by atoms with Gasteiger partial charge < -0.3 is 10.6 Å². The van der Waals surface area contributed by atoms with Crippen LogP contribution in [-0.4, -0.2) is 33.7 Å². The third kappa shape index (κ3) is 4.76. The predicted molar refractivity (Wildman–Crippen MR) is 117 cm³/mol. The van der Waals surface area contributed by atoms with E-state index in [0.717, 1.165) is 23.9 Å². The summed E-state index contributed by atoms with van der Waals surface area (Å²) < 4.78 is 15.0. The minimum atomic E-state index is -0.679. The van der Waals surface area contributed by atoms with Gasteiger partial charge in [-0.2, -0.15) is 5.10 Å². The van der Waals surface area contributed by atoms with Crippen molar-refractivity contribution in [2.75, 3.05) is 0 Å². The average Bonchev–Trinajstić information content (AvgIpc) is 3.46. The molecule has 1 fully saturated rings. The Morgan fingerprint density at radius 2 is 1.81 bits per heavy atom. The molecule has 1 aliphatic carbocycles. The monoisotopic (exact) mass is 422 g/mol. The van der Waals surface area contributed by atoms with E-state index in [1.165, 1.54) is 12.1 Å². The molecule has 1 saturated carbocycles. The molecule has 2 aromatic carbocycles. The standard InChI is InChI=1S/C24H27FN4O2/c1-24(2,3)21(23(31)26-17-12-13-17)27-22(30)20-18-6-4-5-7-19(18)29(28-20)14-15-8-10-16(25)11-9-15/h4-11,17,21H,12-14H2,1-3H3,(H,26,31)(H,27,30). The molecule has 1 atom stereocenters. The highest BCUT2D eigenvalue weighted by Crippen LogP contribution is 2.25. The van der Waals surface area contributed by atoms with Crippen LogP contribution in [0, 0.1) is 11.2 Å². The maximum atomic E-state index is 13.2. The molecule has 3 aromatic rings. The van der Waals surface area contributed by atoms with Gasteiger partial charge in [0, 0.05) is 11.4 Å². The van der Waals surface area contributed by atoms with E-state index in [1.54, 1.807) is 16.8 Å². The predicted octanol–water partition coefficient (Wildman–Crippen LogP) is 3.65. The Morgan fingerprint density at radius 3 is 2.45 bits per heavy atom. The lowest BCUT2D eigenvalue weighted by molar-refractivity contribution is -0.125. The maximum Gasteiger partial charge on any atom is 0.273 e. The number of carbonyl (C=O) groups excluding carboxylic acids is 2. The molecule has 2 N–H and O–H groups in total. The number of nitrogens with zero attached hydrogens (tertiary/aromatic N) is 2. The second kappa shape index (κ2) is 8.13. The molecule has 1 aliphatic rings. The van der Waals surface area contributed by atoms with Crippen LogP contribution in [0.5, 0.6) is 0 Å². The third-order valence-electron chi connectivity index (χ3n) is 5.45. The molecule has 4 rings (SSSR count). The molecular formula is C24H27FN4O2. The summed E-state index contributed by atoms with van der Waals surface area (Å²) in [5, 5.41) is 11.2. The zero-order valence-electron chi connectivity index (χ0n) is 18.0. The number of benzene rings is 2. The van der Waals surface area contributed by atoms with E-state index in [-0.39, 0.29) is 29.4 Å². The molecule has 2 amide bonds. The molecule has 31 heavy (non-hydrogen) atoms. The van der Waals surface area contributed by atoms with E-state index in [9.17, 15) is 14.0 Å². The number of rotatable bonds is 6. The number of hydrogen-bond acceptors (Lipinski definition) is 3. The Morgan fingerprint density at radius 1 is 1.13 bits per heavy atom. The van der Waals surface area contributed by atoms with Crippen LogP contribution >= 0.6 is 0 Å². The summed E-state index contributed by atoms with van der Waals surface area (Å²) in [5.41, 5.74) is 1.48. The SMILES string of the molecule is CC(C)(C)C(NC(=O)c1nn(Cc2ccc(F)cc2)c2ccccc12)C(=O)NC1CC1. The van der Waals surface area contributed by atoms with Gasteiger partial charge in [-0.05, 0) is 42.0 Å². The first-order valence-electron chi connectivity index (χ1n) is 10.5. The van der Waals surface area contributed by atoms with Gasteiger partial charge in [-0.25, -0.2) is 4.39 Å². The molecule has 0 saturated heterocycles. The molecule has 1 heterocycles. The third-order valence-corrected chi connectivity index (χ3v) is 5.45. The molecular weight excluding hydrogens is 395 g/mol. The van der Waals surface area contributed by atoms with Crippen molar-refractivity contribution in [2.24, 2.45) is 5.41 Å². The quantitative estimate of drug-likeness (QED) is 0.637. The van der Waals surface area contributed by atoms with Crippen LogP contribution in [0.4, 0.5) is 4.39 Å². The van der Waals surface area contributed by atoms with Crippen LogP contribution < -0.4 is 10.6 Å². The number of fused-ring (bicyclic) bond motifs is 1. The summed E-state index contributed by atoms with van der Waals surface area (Å²) in [6.07, 6.45) is 1.96. The fourth-order valence-electron chi connectivity index (χ4n) is 3.57. The number of carbonyl (C=O) groups is 2. The minimum absolute atomic E-state index is 0.168. The fraction of sp³-hybridized carbons (Fsp3) is 0.375. The number of aromatic nitrogens is 2. The highest BCUT2D eigenvalue weighted by atomic mass is 19.1. The van der Waals surface area contributed by atoms with Crippen molar-refractivity contribution >= 4 is 22.7 Å². The van der Waals surface area contributed by atoms with Gasteiger partial charge >= 0.3 is 0 Å². The lowest BCUT2D eigenvalue weighted by Crippen LogP contribution is -2.54. The second-order valence-corrected chi connectivity index (χ2v) is 9.21. The van der Waals surface area contributed by atoms with Crippen molar-refractivity contribution in [3.8, 4) is 0 Å². The Balaban J connectivity index is 1.62. The van der Waals surface area contributed by atoms with Gasteiger partial charge in [0.1, 0.15) is 11.9 Å². The van der Waals surface area contributed by atoms with E-state index in [0.29, 0.717) is 11.9 Å². The number of nitrogens with one attached hydrogen (secondary N) is 2. The summed E-state index contributed by atoms with van der Waals surface area (Å²) >= 11 is 0. The Labute approximate surface area is 180 Å². The molecule has 6 nitrogen and oxygen atoms in total. The van der Waals surface area contributed by atoms with Gasteiger partial charge in [0.05, 0.1) is 12.1 Å². The molecule has 0 aliphatic heterocycles. The zero-order chi connectivity index (χ0) is 22.2. The van der Waals surface area contributed by atoms with Gasteiger partial charge in [-0.15, -0.1) is 0 Å². The van der Waals surface area contributed by atoms with Gasteiger partial charge in [0.25, 0.3) is 5.91 Å². The molecule has 1 aromatic heterocycles. The van der Waals surface area contributed by atoms with Crippen LogP contribution in [-0.2, 0) is 11.3 Å². The van der Waals surface area contributed by atoms with Crippen molar-refractivity contribution in [1.82, 2.24) is 20.4 Å². The van der Waals surface area contributed by atoms with Crippen molar-refractivity contribution in [1.29, 1.82) is 0 Å². The number of halogens is 1. The lowest BCUT2D eigenvalue weighted by atomic mass is 9.86. The molecule has 0 radical (unpaired) electrons. The first kappa shape index (κ1) is 21.0. The summed E-state index contributed by atoms with van der Waals surface area (Å²) in [5.74, 6) is -0.856. The van der Waals surface area contributed by atoms with Gasteiger partial charge in [0.15, 0.2) is 5.69 Å². The second-order valence-electron chi connectivity index (χ2n) is 9.21. The normalized spacial score (nSPS) is 15.0. The fourth-order valence-corrected chi connectivity index (χ4v) is 3.57. The Hall–Kier alpha value is -3.22. The molecule has 0 spiro atoms. The number of amides is 2. The summed E-state index contributed by atoms with van der Waals surface area (Å²) in [6, 6.07) is 13.2. The zero-order valence-corrected chi connectivity index (χ0v) is 18.0. The first-order valence-corrected chi connectivity index (χ1v) is 10.5. The van der Waals surface area contributed by atoms with Gasteiger partial charge in [-0.3, -0.25) is 14.3 Å². The van der Waals surface area contributed by atoms with Crippen molar-refractivity contribution in [3.05, 3.63) is 65.6 Å². The van der Waals surface area contributed by atoms with Crippen LogP contribution in [0.15, 0.2) is 48.5 Å². The molecule has 162 valence electrons. The maximum absolute atomic E-state index is 13.2. The van der Waals surface area contributed by atoms with Crippen molar-refractivity contribution < 1.29 is 14.0 Å². The van der Waals surface area contributed by atoms with Crippen LogP contribution in [0.2, 0.25) is 0 Å². The van der Waals surface area contributed by atoms with Crippen LogP contribution in [0.3, 0.4) is 0 Å². The Kier molecular flexibility index (Phi) is 5.52.